The van der Waals surface area contributed by atoms with E-state index in [0.717, 1.165) is 4.90 Å². The molecule has 1 N–H and O–H groups in total. The van der Waals surface area contributed by atoms with Crippen molar-refractivity contribution in [3.63, 3.8) is 0 Å². The molecule has 0 spiro atoms. The van der Waals surface area contributed by atoms with E-state index in [9.17, 15) is 19.2 Å². The third-order valence-electron chi connectivity index (χ3n) is 3.73. The molecule has 1 aliphatic rings. The molecule has 1 aliphatic heterocycles. The number of aliphatic carboxylic acids is 1. The molecular formula is C18H18BrNO8S. The molecule has 1 atom stereocenters. The number of rotatable bonds is 8. The highest BCUT2D eigenvalue weighted by atomic mass is 79.9. The molecule has 9 nitrogen and oxygen atoms in total. The lowest BCUT2D eigenvalue weighted by Crippen LogP contribution is -2.42. The van der Waals surface area contributed by atoms with Crippen LogP contribution in [-0.2, 0) is 19.1 Å². The first-order valence-corrected chi connectivity index (χ1v) is 9.96. The Kier molecular flexibility index (Phi) is 7.68. The number of carbonyl (C=O) groups is 4. The lowest BCUT2D eigenvalue weighted by atomic mass is 10.1. The number of esters is 1. The van der Waals surface area contributed by atoms with Crippen LogP contribution in [0.2, 0.25) is 0 Å². The standard InChI is InChI=1S/C18H18BrNO8S/c1-4-27-17(24)9(2)20-16(23)13(29-18(20)25)7-10-5-11(19)15(12(6-10)26-3)28-8-14(21)22/h5-7,9H,4,8H2,1-3H3,(H,21,22). The van der Waals surface area contributed by atoms with Crippen LogP contribution in [0, 0.1) is 0 Å². The summed E-state index contributed by atoms with van der Waals surface area (Å²) in [7, 11) is 1.38. The number of methoxy groups -OCH3 is 1. The Morgan fingerprint density at radius 3 is 2.62 bits per heavy atom. The maximum Gasteiger partial charge on any atom is 0.341 e. The van der Waals surface area contributed by atoms with Crippen molar-refractivity contribution < 1.29 is 38.5 Å². The highest BCUT2D eigenvalue weighted by Crippen LogP contribution is 2.39. The SMILES string of the molecule is CCOC(=O)C(C)N1C(=O)SC(=Cc2cc(Br)c(OCC(=O)O)c(OC)c2)C1=O. The van der Waals surface area contributed by atoms with Crippen LogP contribution < -0.4 is 9.47 Å². The number of amides is 2. The largest absolute Gasteiger partial charge is 0.493 e. The van der Waals surface area contributed by atoms with Crippen molar-refractivity contribution in [2.75, 3.05) is 20.3 Å². The van der Waals surface area contributed by atoms with E-state index >= 15 is 0 Å². The topological polar surface area (TPSA) is 119 Å². The van der Waals surface area contributed by atoms with Gasteiger partial charge in [-0.2, -0.15) is 0 Å². The van der Waals surface area contributed by atoms with E-state index in [1.54, 1.807) is 13.0 Å². The molecule has 1 fully saturated rings. The van der Waals surface area contributed by atoms with Crippen molar-refractivity contribution in [2.45, 2.75) is 19.9 Å². The number of hydrogen-bond acceptors (Lipinski definition) is 8. The molecule has 156 valence electrons. The molecule has 0 aromatic heterocycles. The first-order valence-electron chi connectivity index (χ1n) is 8.35. The van der Waals surface area contributed by atoms with E-state index in [4.69, 9.17) is 19.3 Å². The van der Waals surface area contributed by atoms with Crippen LogP contribution in [0.3, 0.4) is 0 Å². The summed E-state index contributed by atoms with van der Waals surface area (Å²) in [5.74, 6) is -1.99. The molecule has 1 unspecified atom stereocenters. The van der Waals surface area contributed by atoms with Gasteiger partial charge in [-0.25, -0.2) is 9.59 Å². The van der Waals surface area contributed by atoms with Crippen LogP contribution in [0.1, 0.15) is 19.4 Å². The second-order valence-corrected chi connectivity index (χ2v) is 7.54. The lowest BCUT2D eigenvalue weighted by Gasteiger charge is -2.19. The summed E-state index contributed by atoms with van der Waals surface area (Å²) in [5.41, 5.74) is 0.505. The van der Waals surface area contributed by atoms with Gasteiger partial charge < -0.3 is 19.3 Å². The van der Waals surface area contributed by atoms with E-state index in [-0.39, 0.29) is 23.0 Å². The number of carboxylic acids is 1. The number of carboxylic acid groups (broad SMARTS) is 1. The Balaban J connectivity index is 2.31. The van der Waals surface area contributed by atoms with Crippen molar-refractivity contribution >= 4 is 56.9 Å². The van der Waals surface area contributed by atoms with Crippen molar-refractivity contribution in [3.05, 3.63) is 27.1 Å². The van der Waals surface area contributed by atoms with E-state index in [2.05, 4.69) is 15.9 Å². The third kappa shape index (κ3) is 5.30. The third-order valence-corrected chi connectivity index (χ3v) is 5.20. The van der Waals surface area contributed by atoms with Crippen LogP contribution in [0.15, 0.2) is 21.5 Å². The molecule has 0 aliphatic carbocycles. The lowest BCUT2D eigenvalue weighted by molar-refractivity contribution is -0.150. The summed E-state index contributed by atoms with van der Waals surface area (Å²) in [5, 5.41) is 8.19. The predicted octanol–water partition coefficient (Wildman–Crippen LogP) is 2.91. The van der Waals surface area contributed by atoms with Gasteiger partial charge >= 0.3 is 11.9 Å². The zero-order valence-corrected chi connectivity index (χ0v) is 18.2. The summed E-state index contributed by atoms with van der Waals surface area (Å²) < 4.78 is 15.7. The summed E-state index contributed by atoms with van der Waals surface area (Å²) in [6.45, 7) is 2.64. The maximum absolute atomic E-state index is 12.6. The number of hydrogen-bond donors (Lipinski definition) is 1. The summed E-state index contributed by atoms with van der Waals surface area (Å²) in [4.78, 5) is 48.5. The van der Waals surface area contributed by atoms with Crippen LogP contribution in [0.4, 0.5) is 4.79 Å². The Bertz CT molecular complexity index is 885. The zero-order valence-electron chi connectivity index (χ0n) is 15.8. The fourth-order valence-corrected chi connectivity index (χ4v) is 3.91. The fraction of sp³-hybridized carbons (Fsp3) is 0.333. The predicted molar refractivity (Wildman–Crippen MR) is 108 cm³/mol. The molecule has 2 rings (SSSR count). The van der Waals surface area contributed by atoms with Gasteiger partial charge in [0.15, 0.2) is 18.1 Å². The summed E-state index contributed by atoms with van der Waals surface area (Å²) >= 11 is 3.98. The number of ether oxygens (including phenoxy) is 3. The Labute approximate surface area is 179 Å². The van der Waals surface area contributed by atoms with Crippen LogP contribution in [0.5, 0.6) is 11.5 Å². The van der Waals surface area contributed by atoms with E-state index in [0.29, 0.717) is 21.8 Å². The van der Waals surface area contributed by atoms with Gasteiger partial charge in [0.2, 0.25) is 0 Å². The molecule has 1 heterocycles. The Morgan fingerprint density at radius 1 is 1.34 bits per heavy atom. The normalized spacial score (nSPS) is 16.1. The van der Waals surface area contributed by atoms with Gasteiger partial charge in [-0.1, -0.05) is 0 Å². The molecular weight excluding hydrogens is 470 g/mol. The summed E-state index contributed by atoms with van der Waals surface area (Å²) in [6, 6.07) is 2.08. The first-order chi connectivity index (χ1) is 13.7. The average Bonchev–Trinajstić information content (AvgIpc) is 2.93. The van der Waals surface area contributed by atoms with Gasteiger partial charge in [0.25, 0.3) is 11.1 Å². The highest BCUT2D eigenvalue weighted by Gasteiger charge is 2.41. The fourth-order valence-electron chi connectivity index (χ4n) is 2.43. The molecule has 1 aromatic carbocycles. The molecule has 0 bridgehead atoms. The molecule has 0 radical (unpaired) electrons. The zero-order chi connectivity index (χ0) is 21.7. The molecule has 11 heteroatoms. The van der Waals surface area contributed by atoms with E-state index in [1.165, 1.54) is 26.2 Å². The number of imide groups is 1. The molecule has 29 heavy (non-hydrogen) atoms. The van der Waals surface area contributed by atoms with E-state index in [1.807, 2.05) is 0 Å². The van der Waals surface area contributed by atoms with Gasteiger partial charge in [0.05, 0.1) is 23.1 Å². The Hall–Kier alpha value is -2.53. The minimum Gasteiger partial charge on any atom is -0.493 e. The van der Waals surface area contributed by atoms with Crippen LogP contribution in [-0.4, -0.2) is 59.5 Å². The van der Waals surface area contributed by atoms with Crippen molar-refractivity contribution in [3.8, 4) is 11.5 Å². The smallest absolute Gasteiger partial charge is 0.341 e. The second-order valence-electron chi connectivity index (χ2n) is 5.70. The molecule has 0 saturated carbocycles. The monoisotopic (exact) mass is 487 g/mol. The quantitative estimate of drug-likeness (QED) is 0.435. The second kappa shape index (κ2) is 9.79. The van der Waals surface area contributed by atoms with Gasteiger partial charge in [-0.15, -0.1) is 0 Å². The number of nitrogens with zero attached hydrogens (tertiary/aromatic N) is 1. The highest BCUT2D eigenvalue weighted by molar-refractivity contribution is 9.10. The maximum atomic E-state index is 12.6. The number of thioether (sulfide) groups is 1. The molecule has 2 amide bonds. The first kappa shape index (κ1) is 22.8. The number of halogens is 1. The van der Waals surface area contributed by atoms with Gasteiger partial charge in [-0.05, 0) is 65.3 Å². The van der Waals surface area contributed by atoms with Crippen molar-refractivity contribution in [1.82, 2.24) is 4.90 Å². The van der Waals surface area contributed by atoms with Gasteiger partial charge in [-0.3, -0.25) is 14.5 Å². The van der Waals surface area contributed by atoms with Crippen LogP contribution in [0.25, 0.3) is 6.08 Å². The molecule has 1 aromatic rings. The average molecular weight is 488 g/mol. The van der Waals surface area contributed by atoms with Gasteiger partial charge in [0, 0.05) is 0 Å². The van der Waals surface area contributed by atoms with Crippen LogP contribution >= 0.6 is 27.7 Å². The van der Waals surface area contributed by atoms with E-state index < -0.39 is 35.7 Å². The number of benzene rings is 1. The van der Waals surface area contributed by atoms with Gasteiger partial charge in [0.1, 0.15) is 6.04 Å². The van der Waals surface area contributed by atoms with Crippen molar-refractivity contribution in [1.29, 1.82) is 0 Å². The number of carbonyl (C=O) groups excluding carboxylic acids is 3. The van der Waals surface area contributed by atoms with Crippen molar-refractivity contribution in [2.24, 2.45) is 0 Å². The molecule has 1 saturated heterocycles. The Morgan fingerprint density at radius 2 is 2.03 bits per heavy atom. The minimum absolute atomic E-state index is 0.124. The summed E-state index contributed by atoms with van der Waals surface area (Å²) in [6.07, 6.45) is 1.47. The minimum atomic E-state index is -1.15.